The van der Waals surface area contributed by atoms with Crippen molar-refractivity contribution in [3.8, 4) is 11.3 Å². The van der Waals surface area contributed by atoms with Crippen LogP contribution in [0.2, 0.25) is 0 Å². The standard InChI is InChI=1S/C22H20FN7O/c1-12-9-27-21(24)18-19(29-30(20(12)18)14-10-25-11-14)15-6-5-13(8-16(15)23)22(31)28-17-4-2-3-7-26-17/h2-9,14,25H,10-11H2,1H3,(H2,24,27)(H,26,28,31). The third kappa shape index (κ3) is 3.28. The van der Waals surface area contributed by atoms with Gasteiger partial charge in [0.2, 0.25) is 0 Å². The molecule has 5 rings (SSSR count). The van der Waals surface area contributed by atoms with Gasteiger partial charge in [0.05, 0.1) is 16.9 Å². The first-order valence-corrected chi connectivity index (χ1v) is 9.89. The average molecular weight is 417 g/mol. The number of hydrogen-bond donors (Lipinski definition) is 3. The molecule has 4 aromatic rings. The van der Waals surface area contributed by atoms with E-state index in [0.717, 1.165) is 24.2 Å². The number of nitrogens with two attached hydrogens (primary N) is 1. The van der Waals surface area contributed by atoms with Crippen LogP contribution in [-0.2, 0) is 0 Å². The van der Waals surface area contributed by atoms with Gasteiger partial charge >= 0.3 is 0 Å². The maximum Gasteiger partial charge on any atom is 0.256 e. The van der Waals surface area contributed by atoms with Crippen molar-refractivity contribution in [1.29, 1.82) is 0 Å². The van der Waals surface area contributed by atoms with E-state index < -0.39 is 11.7 Å². The Bertz CT molecular complexity index is 1300. The fraction of sp³-hybridized carbons (Fsp3) is 0.182. The number of amides is 1. The number of aryl methyl sites for hydroxylation is 1. The number of pyridine rings is 2. The summed E-state index contributed by atoms with van der Waals surface area (Å²) in [5, 5.41) is 11.2. The summed E-state index contributed by atoms with van der Waals surface area (Å²) in [5.74, 6) is -0.319. The molecule has 1 amide bonds. The van der Waals surface area contributed by atoms with Gasteiger partial charge in [-0.1, -0.05) is 6.07 Å². The second-order valence-corrected chi connectivity index (χ2v) is 7.52. The van der Waals surface area contributed by atoms with Crippen molar-refractivity contribution >= 4 is 28.4 Å². The molecule has 4 heterocycles. The van der Waals surface area contributed by atoms with E-state index in [2.05, 4.69) is 20.6 Å². The van der Waals surface area contributed by atoms with Crippen LogP contribution in [0, 0.1) is 12.7 Å². The van der Waals surface area contributed by atoms with E-state index in [1.807, 2.05) is 11.6 Å². The fourth-order valence-corrected chi connectivity index (χ4v) is 3.72. The lowest BCUT2D eigenvalue weighted by Gasteiger charge is -2.28. The molecular formula is C22H20FN7O. The summed E-state index contributed by atoms with van der Waals surface area (Å²) < 4.78 is 17.1. The lowest BCUT2D eigenvalue weighted by Crippen LogP contribution is -2.43. The predicted molar refractivity (Wildman–Crippen MR) is 116 cm³/mol. The monoisotopic (exact) mass is 417 g/mol. The largest absolute Gasteiger partial charge is 0.383 e. The highest BCUT2D eigenvalue weighted by atomic mass is 19.1. The predicted octanol–water partition coefficient (Wildman–Crippen LogP) is 2.92. The molecule has 9 heteroatoms. The zero-order valence-corrected chi connectivity index (χ0v) is 16.8. The van der Waals surface area contributed by atoms with Gasteiger partial charge in [0.15, 0.2) is 0 Å². The highest BCUT2D eigenvalue weighted by Crippen LogP contribution is 2.36. The van der Waals surface area contributed by atoms with Crippen LogP contribution in [0.4, 0.5) is 16.0 Å². The SMILES string of the molecule is Cc1cnc(N)c2c(-c3ccc(C(=O)Nc4ccccn4)cc3F)nn(C3CNC3)c12. The third-order valence-electron chi connectivity index (χ3n) is 5.44. The molecule has 156 valence electrons. The van der Waals surface area contributed by atoms with E-state index in [4.69, 9.17) is 10.8 Å². The molecule has 1 fully saturated rings. The molecule has 0 radical (unpaired) electrons. The summed E-state index contributed by atoms with van der Waals surface area (Å²) in [7, 11) is 0. The first kappa shape index (κ1) is 19.1. The molecule has 3 aromatic heterocycles. The molecule has 0 saturated carbocycles. The van der Waals surface area contributed by atoms with Crippen molar-refractivity contribution in [3.63, 3.8) is 0 Å². The highest BCUT2D eigenvalue weighted by Gasteiger charge is 2.27. The molecule has 1 aliphatic heterocycles. The number of fused-ring (bicyclic) bond motifs is 1. The van der Waals surface area contributed by atoms with Crippen LogP contribution >= 0.6 is 0 Å². The lowest BCUT2D eigenvalue weighted by molar-refractivity contribution is 0.102. The van der Waals surface area contributed by atoms with Gasteiger partial charge in [-0.3, -0.25) is 9.48 Å². The Morgan fingerprint density at radius 1 is 1.26 bits per heavy atom. The van der Waals surface area contributed by atoms with Crippen LogP contribution in [0.5, 0.6) is 0 Å². The number of carbonyl (C=O) groups is 1. The second-order valence-electron chi connectivity index (χ2n) is 7.52. The summed E-state index contributed by atoms with van der Waals surface area (Å²) in [6.07, 6.45) is 3.27. The van der Waals surface area contributed by atoms with E-state index >= 15 is 4.39 Å². The van der Waals surface area contributed by atoms with Gasteiger partial charge in [-0.05, 0) is 42.8 Å². The van der Waals surface area contributed by atoms with E-state index in [1.54, 1.807) is 42.7 Å². The number of halogens is 1. The zero-order valence-electron chi connectivity index (χ0n) is 16.8. The van der Waals surface area contributed by atoms with Gasteiger partial charge in [0, 0.05) is 36.6 Å². The number of carbonyl (C=O) groups excluding carboxylic acids is 1. The molecule has 0 unspecified atom stereocenters. The number of rotatable bonds is 4. The second kappa shape index (κ2) is 7.44. The van der Waals surface area contributed by atoms with E-state index in [1.165, 1.54) is 6.07 Å². The molecule has 1 aliphatic rings. The Morgan fingerprint density at radius 2 is 2.10 bits per heavy atom. The van der Waals surface area contributed by atoms with Gasteiger partial charge in [0.1, 0.15) is 23.1 Å². The third-order valence-corrected chi connectivity index (χ3v) is 5.44. The molecule has 0 atom stereocenters. The molecule has 31 heavy (non-hydrogen) atoms. The molecule has 4 N–H and O–H groups in total. The summed E-state index contributed by atoms with van der Waals surface area (Å²) >= 11 is 0. The first-order chi connectivity index (χ1) is 15.0. The molecule has 1 saturated heterocycles. The van der Waals surface area contributed by atoms with Gasteiger partial charge in [0.25, 0.3) is 5.91 Å². The Balaban J connectivity index is 1.56. The maximum absolute atomic E-state index is 15.2. The number of hydrogen-bond acceptors (Lipinski definition) is 6. The van der Waals surface area contributed by atoms with E-state index in [9.17, 15) is 4.79 Å². The van der Waals surface area contributed by atoms with Gasteiger partial charge in [-0.25, -0.2) is 14.4 Å². The zero-order chi connectivity index (χ0) is 21.5. The van der Waals surface area contributed by atoms with Gasteiger partial charge < -0.3 is 16.4 Å². The van der Waals surface area contributed by atoms with Crippen LogP contribution in [0.1, 0.15) is 22.0 Å². The molecule has 0 spiro atoms. The van der Waals surface area contributed by atoms with Gasteiger partial charge in [-0.2, -0.15) is 5.10 Å². The number of nitrogens with one attached hydrogen (secondary N) is 2. The number of anilines is 2. The van der Waals surface area contributed by atoms with Crippen molar-refractivity contribution < 1.29 is 9.18 Å². The van der Waals surface area contributed by atoms with Crippen LogP contribution in [0.25, 0.3) is 22.2 Å². The van der Waals surface area contributed by atoms with Crippen molar-refractivity contribution in [2.24, 2.45) is 0 Å². The Hall–Kier alpha value is -3.85. The molecule has 8 nitrogen and oxygen atoms in total. The molecule has 0 bridgehead atoms. The molecular weight excluding hydrogens is 397 g/mol. The minimum absolute atomic E-state index is 0.170. The number of nitrogens with zero attached hydrogens (tertiary/aromatic N) is 4. The Kier molecular flexibility index (Phi) is 4.59. The van der Waals surface area contributed by atoms with Crippen molar-refractivity contribution in [3.05, 3.63) is 65.7 Å². The fourth-order valence-electron chi connectivity index (χ4n) is 3.72. The minimum atomic E-state index is -0.562. The molecule has 1 aromatic carbocycles. The number of nitrogen functional groups attached to an aromatic ring is 1. The van der Waals surface area contributed by atoms with Crippen molar-refractivity contribution in [2.45, 2.75) is 13.0 Å². The minimum Gasteiger partial charge on any atom is -0.383 e. The van der Waals surface area contributed by atoms with Crippen LogP contribution in [0.3, 0.4) is 0 Å². The Labute approximate surface area is 177 Å². The maximum atomic E-state index is 15.2. The van der Waals surface area contributed by atoms with E-state index in [0.29, 0.717) is 22.7 Å². The first-order valence-electron chi connectivity index (χ1n) is 9.89. The smallest absolute Gasteiger partial charge is 0.256 e. The normalized spacial score (nSPS) is 13.9. The number of benzene rings is 1. The van der Waals surface area contributed by atoms with Gasteiger partial charge in [-0.15, -0.1) is 0 Å². The quantitative estimate of drug-likeness (QED) is 0.471. The summed E-state index contributed by atoms with van der Waals surface area (Å²) in [5.41, 5.74) is 8.82. The lowest BCUT2D eigenvalue weighted by atomic mass is 10.0. The Morgan fingerprint density at radius 3 is 2.77 bits per heavy atom. The van der Waals surface area contributed by atoms with Crippen molar-refractivity contribution in [1.82, 2.24) is 25.1 Å². The molecule has 0 aliphatic carbocycles. The summed E-state index contributed by atoms with van der Waals surface area (Å²) in [6, 6.07) is 9.64. The van der Waals surface area contributed by atoms with Crippen LogP contribution < -0.4 is 16.4 Å². The summed E-state index contributed by atoms with van der Waals surface area (Å²) in [6.45, 7) is 3.50. The van der Waals surface area contributed by atoms with Crippen LogP contribution in [-0.4, -0.2) is 38.7 Å². The summed E-state index contributed by atoms with van der Waals surface area (Å²) in [4.78, 5) is 20.8. The van der Waals surface area contributed by atoms with E-state index in [-0.39, 0.29) is 17.2 Å². The topological polar surface area (TPSA) is 111 Å². The number of aromatic nitrogens is 4. The average Bonchev–Trinajstić information content (AvgIpc) is 3.11. The van der Waals surface area contributed by atoms with Crippen LogP contribution in [0.15, 0.2) is 48.8 Å². The highest BCUT2D eigenvalue weighted by molar-refractivity contribution is 6.05. The van der Waals surface area contributed by atoms with Crippen molar-refractivity contribution in [2.75, 3.05) is 24.1 Å².